The van der Waals surface area contributed by atoms with Gasteiger partial charge in [-0.1, -0.05) is 188 Å². The molecule has 13 aromatic rings. The predicted octanol–water partition coefficient (Wildman–Crippen LogP) is 18.0. The highest BCUT2D eigenvalue weighted by molar-refractivity contribution is 6.17. The molecule has 0 saturated carbocycles. The van der Waals surface area contributed by atoms with Crippen LogP contribution in [0.5, 0.6) is 0 Å². The zero-order chi connectivity index (χ0) is 44.3. The first-order chi connectivity index (χ1) is 33.2. The first kappa shape index (κ1) is 38.5. The molecule has 3 nitrogen and oxygen atoms in total. The maximum absolute atomic E-state index is 6.79. The molecule has 0 atom stereocenters. The first-order valence-corrected chi connectivity index (χ1v) is 22.9. The van der Waals surface area contributed by atoms with Gasteiger partial charge in [-0.05, 0) is 105 Å². The first-order valence-electron chi connectivity index (χ1n) is 22.9. The van der Waals surface area contributed by atoms with E-state index in [0.29, 0.717) is 0 Å². The zero-order valence-corrected chi connectivity index (χ0v) is 36.6. The van der Waals surface area contributed by atoms with Crippen molar-refractivity contribution in [2.24, 2.45) is 0 Å². The van der Waals surface area contributed by atoms with Gasteiger partial charge in [0.2, 0.25) is 0 Å². The standard InChI is InChI=1S/C64H42N2O/c1-3-16-43(17-4-1)48-40-49(44-18-5-2-6-19-44)42-52(41-48)65(51-37-32-47(33-38-51)55-25-15-26-58-59-39-34-45-20-7-8-22-54(45)64(59)67-63(55)58)50-35-30-46(31-36-50)53-21-9-12-27-60(53)66-61-28-13-10-23-56(61)57-24-11-14-29-62(57)66/h1-42H. The summed E-state index contributed by atoms with van der Waals surface area (Å²) in [5.74, 6) is 0. The van der Waals surface area contributed by atoms with Gasteiger partial charge < -0.3 is 13.9 Å². The number of hydrogen-bond donors (Lipinski definition) is 0. The van der Waals surface area contributed by atoms with Crippen LogP contribution in [-0.4, -0.2) is 4.57 Å². The Morgan fingerprint density at radius 2 is 0.776 bits per heavy atom. The van der Waals surface area contributed by atoms with Gasteiger partial charge in [-0.3, -0.25) is 0 Å². The van der Waals surface area contributed by atoms with Gasteiger partial charge in [0, 0.05) is 55.1 Å². The third kappa shape index (κ3) is 6.59. The SMILES string of the molecule is c1ccc(-c2cc(-c3ccccc3)cc(N(c3ccc(-c4ccccc4-n4c5ccccc5c5ccccc54)cc3)c3ccc(-c4cccc5c4oc4c6ccccc6ccc54)cc3)c2)cc1. The Morgan fingerprint density at radius 1 is 0.284 bits per heavy atom. The molecule has 0 aliphatic rings. The Morgan fingerprint density at radius 3 is 1.42 bits per heavy atom. The Bertz CT molecular complexity index is 3850. The van der Waals surface area contributed by atoms with E-state index in [0.717, 1.165) is 77.9 Å². The summed E-state index contributed by atoms with van der Waals surface area (Å²) >= 11 is 0. The summed E-state index contributed by atoms with van der Waals surface area (Å²) in [6, 6.07) is 91.9. The molecule has 0 N–H and O–H groups in total. The molecular formula is C64H42N2O. The van der Waals surface area contributed by atoms with Gasteiger partial charge in [0.25, 0.3) is 0 Å². The van der Waals surface area contributed by atoms with Crippen molar-refractivity contribution in [2.75, 3.05) is 4.90 Å². The lowest BCUT2D eigenvalue weighted by Crippen LogP contribution is -2.10. The molecule has 0 bridgehead atoms. The molecule has 0 spiro atoms. The molecule has 0 saturated heterocycles. The maximum Gasteiger partial charge on any atom is 0.143 e. The van der Waals surface area contributed by atoms with Gasteiger partial charge in [0.1, 0.15) is 11.2 Å². The minimum Gasteiger partial charge on any atom is -0.455 e. The van der Waals surface area contributed by atoms with E-state index in [1.54, 1.807) is 0 Å². The van der Waals surface area contributed by atoms with Crippen LogP contribution in [0.3, 0.4) is 0 Å². The molecule has 67 heavy (non-hydrogen) atoms. The van der Waals surface area contributed by atoms with Crippen molar-refractivity contribution in [1.29, 1.82) is 0 Å². The lowest BCUT2D eigenvalue weighted by atomic mass is 9.97. The molecule has 2 heterocycles. The summed E-state index contributed by atoms with van der Waals surface area (Å²) in [5, 5.41) is 7.05. The van der Waals surface area contributed by atoms with Crippen LogP contribution in [0.4, 0.5) is 17.1 Å². The number of benzene rings is 11. The van der Waals surface area contributed by atoms with Crippen molar-refractivity contribution in [3.63, 3.8) is 0 Å². The third-order valence-electron chi connectivity index (χ3n) is 13.4. The smallest absolute Gasteiger partial charge is 0.143 e. The fraction of sp³-hybridized carbons (Fsp3) is 0. The van der Waals surface area contributed by atoms with Crippen molar-refractivity contribution >= 4 is 71.6 Å². The van der Waals surface area contributed by atoms with Crippen LogP contribution < -0.4 is 4.90 Å². The van der Waals surface area contributed by atoms with Gasteiger partial charge in [-0.15, -0.1) is 0 Å². The van der Waals surface area contributed by atoms with Crippen LogP contribution in [-0.2, 0) is 0 Å². The van der Waals surface area contributed by atoms with Crippen molar-refractivity contribution in [1.82, 2.24) is 4.57 Å². The van der Waals surface area contributed by atoms with E-state index < -0.39 is 0 Å². The van der Waals surface area contributed by atoms with E-state index in [4.69, 9.17) is 4.42 Å². The topological polar surface area (TPSA) is 21.3 Å². The maximum atomic E-state index is 6.79. The number of fused-ring (bicyclic) bond motifs is 8. The number of aromatic nitrogens is 1. The number of anilines is 3. The summed E-state index contributed by atoms with van der Waals surface area (Å²) in [6.07, 6.45) is 0. The van der Waals surface area contributed by atoms with Gasteiger partial charge in [0.05, 0.1) is 16.7 Å². The third-order valence-corrected chi connectivity index (χ3v) is 13.4. The normalized spacial score (nSPS) is 11.6. The monoisotopic (exact) mass is 854 g/mol. The van der Waals surface area contributed by atoms with Crippen molar-refractivity contribution in [3.05, 3.63) is 255 Å². The minimum absolute atomic E-state index is 0.901. The van der Waals surface area contributed by atoms with E-state index in [2.05, 4.69) is 264 Å². The molecule has 3 heteroatoms. The lowest BCUT2D eigenvalue weighted by molar-refractivity contribution is 0.674. The molecule has 13 rings (SSSR count). The molecule has 0 fully saturated rings. The van der Waals surface area contributed by atoms with Crippen LogP contribution in [0, 0.1) is 0 Å². The highest BCUT2D eigenvalue weighted by Crippen LogP contribution is 2.44. The molecular weight excluding hydrogens is 813 g/mol. The Balaban J connectivity index is 0.960. The summed E-state index contributed by atoms with van der Waals surface area (Å²) in [7, 11) is 0. The second-order valence-electron chi connectivity index (χ2n) is 17.3. The van der Waals surface area contributed by atoms with Crippen LogP contribution in [0.25, 0.3) is 105 Å². The second kappa shape index (κ2) is 16.0. The quantitative estimate of drug-likeness (QED) is 0.152. The summed E-state index contributed by atoms with van der Waals surface area (Å²) in [6.45, 7) is 0. The van der Waals surface area contributed by atoms with Crippen molar-refractivity contribution in [2.45, 2.75) is 0 Å². The van der Waals surface area contributed by atoms with E-state index >= 15 is 0 Å². The predicted molar refractivity (Wildman–Crippen MR) is 282 cm³/mol. The van der Waals surface area contributed by atoms with Gasteiger partial charge in [-0.25, -0.2) is 0 Å². The van der Waals surface area contributed by atoms with E-state index in [1.165, 1.54) is 43.9 Å². The Labute approximate surface area is 388 Å². The lowest BCUT2D eigenvalue weighted by Gasteiger charge is -2.27. The minimum atomic E-state index is 0.901. The molecule has 0 aliphatic heterocycles. The summed E-state index contributed by atoms with van der Waals surface area (Å²) < 4.78 is 9.20. The molecule has 0 radical (unpaired) electrons. The number of rotatable bonds is 8. The largest absolute Gasteiger partial charge is 0.455 e. The molecule has 2 aromatic heterocycles. The Kier molecular flexibility index (Phi) is 9.17. The molecule has 0 unspecified atom stereocenters. The number of furan rings is 1. The highest BCUT2D eigenvalue weighted by atomic mass is 16.3. The van der Waals surface area contributed by atoms with Crippen LogP contribution >= 0.6 is 0 Å². The average Bonchev–Trinajstić information content (AvgIpc) is 3.96. The van der Waals surface area contributed by atoms with Gasteiger partial charge in [-0.2, -0.15) is 0 Å². The summed E-state index contributed by atoms with van der Waals surface area (Å²) in [4.78, 5) is 2.39. The summed E-state index contributed by atoms with van der Waals surface area (Å²) in [5.41, 5.74) is 17.7. The van der Waals surface area contributed by atoms with Crippen molar-refractivity contribution < 1.29 is 4.42 Å². The fourth-order valence-electron chi connectivity index (χ4n) is 10.2. The number of nitrogens with zero attached hydrogens (tertiary/aromatic N) is 2. The fourth-order valence-corrected chi connectivity index (χ4v) is 10.2. The average molecular weight is 855 g/mol. The van der Waals surface area contributed by atoms with E-state index in [9.17, 15) is 0 Å². The molecule has 0 aliphatic carbocycles. The van der Waals surface area contributed by atoms with Crippen LogP contribution in [0.1, 0.15) is 0 Å². The van der Waals surface area contributed by atoms with Crippen LogP contribution in [0.15, 0.2) is 259 Å². The van der Waals surface area contributed by atoms with Crippen LogP contribution in [0.2, 0.25) is 0 Å². The Hall–Kier alpha value is -8.92. The number of para-hydroxylation sites is 4. The number of hydrogen-bond acceptors (Lipinski definition) is 2. The van der Waals surface area contributed by atoms with E-state index in [1.807, 2.05) is 0 Å². The van der Waals surface area contributed by atoms with Crippen molar-refractivity contribution in [3.8, 4) is 50.2 Å². The van der Waals surface area contributed by atoms with Gasteiger partial charge in [0.15, 0.2) is 0 Å². The zero-order valence-electron chi connectivity index (χ0n) is 36.6. The molecule has 0 amide bonds. The highest BCUT2D eigenvalue weighted by Gasteiger charge is 2.20. The second-order valence-corrected chi connectivity index (χ2v) is 17.3. The molecule has 11 aromatic carbocycles. The molecule has 314 valence electrons. The van der Waals surface area contributed by atoms with E-state index in [-0.39, 0.29) is 0 Å². The van der Waals surface area contributed by atoms with Gasteiger partial charge >= 0.3 is 0 Å².